The molecule has 0 unspecified atom stereocenters. The summed E-state index contributed by atoms with van der Waals surface area (Å²) >= 11 is 0. The van der Waals surface area contributed by atoms with Crippen molar-refractivity contribution < 1.29 is 13.3 Å². The fraction of sp³-hybridized carbons (Fsp3) is 0. The first-order valence-electron chi connectivity index (χ1n) is 16.6. The van der Waals surface area contributed by atoms with Crippen LogP contribution in [0.3, 0.4) is 0 Å². The summed E-state index contributed by atoms with van der Waals surface area (Å²) in [6.07, 6.45) is 1.85. The van der Waals surface area contributed by atoms with Crippen molar-refractivity contribution in [2.75, 3.05) is 0 Å². The van der Waals surface area contributed by atoms with Gasteiger partial charge in [0.1, 0.15) is 27.9 Å². The summed E-state index contributed by atoms with van der Waals surface area (Å²) < 4.78 is 19.2. The summed E-state index contributed by atoms with van der Waals surface area (Å²) in [5.74, 6) is 0. The van der Waals surface area contributed by atoms with Gasteiger partial charge in [-0.25, -0.2) is 0 Å². The van der Waals surface area contributed by atoms with E-state index in [1.807, 2.05) is 24.5 Å². The van der Waals surface area contributed by atoms with Crippen molar-refractivity contribution in [3.8, 4) is 33.4 Å². The van der Waals surface area contributed by atoms with Crippen LogP contribution >= 0.6 is 0 Å². The fourth-order valence-corrected chi connectivity index (χ4v) is 8.09. The van der Waals surface area contributed by atoms with Crippen molar-refractivity contribution in [2.24, 2.45) is 0 Å². The molecule has 0 fully saturated rings. The van der Waals surface area contributed by atoms with Gasteiger partial charge in [-0.1, -0.05) is 121 Å². The Hall–Kier alpha value is -6.58. The van der Waals surface area contributed by atoms with Crippen LogP contribution in [-0.4, -0.2) is 0 Å². The minimum atomic E-state index is 0.842. The van der Waals surface area contributed by atoms with E-state index in [1.54, 1.807) is 0 Å². The Bertz CT molecular complexity index is 3040. The zero-order valence-electron chi connectivity index (χ0n) is 26.2. The molecule has 228 valence electrons. The van der Waals surface area contributed by atoms with Gasteiger partial charge in [0.2, 0.25) is 0 Å². The minimum Gasteiger partial charge on any atom is -0.464 e. The Kier molecular flexibility index (Phi) is 5.38. The van der Waals surface area contributed by atoms with E-state index in [1.165, 1.54) is 38.2 Å². The molecule has 11 rings (SSSR count). The van der Waals surface area contributed by atoms with Gasteiger partial charge in [-0.05, 0) is 79.7 Å². The first kappa shape index (κ1) is 26.5. The second-order valence-electron chi connectivity index (χ2n) is 12.8. The Morgan fingerprint density at radius 1 is 0.306 bits per heavy atom. The molecule has 3 heterocycles. The molecule has 8 aromatic carbocycles. The molecular formula is C46H26O3. The molecule has 0 saturated carbocycles. The monoisotopic (exact) mass is 626 g/mol. The molecule has 3 nitrogen and oxygen atoms in total. The van der Waals surface area contributed by atoms with Crippen LogP contribution in [0.2, 0.25) is 0 Å². The highest BCUT2D eigenvalue weighted by Gasteiger charge is 2.23. The van der Waals surface area contributed by atoms with E-state index < -0.39 is 0 Å². The van der Waals surface area contributed by atoms with Gasteiger partial charge in [-0.2, -0.15) is 0 Å². The average molecular weight is 627 g/mol. The number of fused-ring (bicyclic) bond motifs is 9. The van der Waals surface area contributed by atoms with E-state index in [0.29, 0.717) is 0 Å². The fourth-order valence-electron chi connectivity index (χ4n) is 8.09. The largest absolute Gasteiger partial charge is 0.464 e. The predicted molar refractivity (Wildman–Crippen MR) is 202 cm³/mol. The number of rotatable bonds is 3. The molecule has 0 aliphatic carbocycles. The number of furan rings is 3. The van der Waals surface area contributed by atoms with Crippen LogP contribution in [0.5, 0.6) is 0 Å². The van der Waals surface area contributed by atoms with E-state index in [9.17, 15) is 0 Å². The lowest BCUT2D eigenvalue weighted by molar-refractivity contribution is 0.617. The van der Waals surface area contributed by atoms with E-state index in [0.717, 1.165) is 71.5 Å². The van der Waals surface area contributed by atoms with E-state index in [-0.39, 0.29) is 0 Å². The SMILES string of the molecule is c1ccc(-c2coc3cc4c(cc23)oc2cccc(-c3c5ccccc5c(-c5cccc6oc7ccccc7c56)c5ccccc35)c24)cc1. The van der Waals surface area contributed by atoms with Crippen LogP contribution in [0.15, 0.2) is 171 Å². The van der Waals surface area contributed by atoms with Gasteiger partial charge >= 0.3 is 0 Å². The van der Waals surface area contributed by atoms with Gasteiger partial charge in [0.05, 0.1) is 6.26 Å². The minimum absolute atomic E-state index is 0.842. The third kappa shape index (κ3) is 3.73. The lowest BCUT2D eigenvalue weighted by Crippen LogP contribution is -1.91. The highest BCUT2D eigenvalue weighted by molar-refractivity contribution is 6.28. The van der Waals surface area contributed by atoms with Crippen LogP contribution < -0.4 is 0 Å². The Morgan fingerprint density at radius 3 is 1.43 bits per heavy atom. The van der Waals surface area contributed by atoms with Crippen LogP contribution in [0.25, 0.3) is 110 Å². The average Bonchev–Trinajstić information content (AvgIpc) is 3.86. The van der Waals surface area contributed by atoms with E-state index in [4.69, 9.17) is 13.3 Å². The number of hydrogen-bond acceptors (Lipinski definition) is 3. The highest BCUT2D eigenvalue weighted by atomic mass is 16.3. The van der Waals surface area contributed by atoms with Crippen molar-refractivity contribution in [3.63, 3.8) is 0 Å². The van der Waals surface area contributed by atoms with Gasteiger partial charge in [0.25, 0.3) is 0 Å². The maximum absolute atomic E-state index is 6.63. The topological polar surface area (TPSA) is 39.4 Å². The standard InChI is InChI=1S/C46H26O3/c1-2-12-27(13-3-1)37-26-47-41-25-36-42(24-35(37)41)49-40-23-11-20-34(46(36)40)44-30-16-6-4-14-28(30)43(29-15-5-7-17-31(29)44)33-19-10-22-39-45(33)32-18-8-9-21-38(32)48-39/h1-26H. The van der Waals surface area contributed by atoms with E-state index >= 15 is 0 Å². The van der Waals surface area contributed by atoms with Crippen molar-refractivity contribution in [1.82, 2.24) is 0 Å². The highest BCUT2D eigenvalue weighted by Crippen LogP contribution is 2.49. The molecule has 0 atom stereocenters. The normalized spacial score (nSPS) is 12.1. The first-order valence-corrected chi connectivity index (χ1v) is 16.6. The summed E-state index contributed by atoms with van der Waals surface area (Å²) in [5, 5.41) is 10.2. The molecular weight excluding hydrogens is 601 g/mol. The van der Waals surface area contributed by atoms with Crippen LogP contribution in [-0.2, 0) is 0 Å². The Labute approximate surface area is 280 Å². The van der Waals surface area contributed by atoms with Gasteiger partial charge in [0.15, 0.2) is 0 Å². The van der Waals surface area contributed by atoms with Crippen molar-refractivity contribution in [3.05, 3.63) is 158 Å². The lowest BCUT2D eigenvalue weighted by atomic mass is 9.84. The first-order chi connectivity index (χ1) is 24.3. The Morgan fingerprint density at radius 2 is 0.796 bits per heavy atom. The molecule has 3 heteroatoms. The maximum atomic E-state index is 6.63. The Balaban J connectivity index is 1.24. The summed E-state index contributed by atoms with van der Waals surface area (Å²) in [5.41, 5.74) is 11.2. The summed E-state index contributed by atoms with van der Waals surface area (Å²) in [6, 6.07) is 53.4. The molecule has 0 aliphatic heterocycles. The molecule has 0 amide bonds. The molecule has 0 aliphatic rings. The maximum Gasteiger partial charge on any atom is 0.136 e. The second-order valence-corrected chi connectivity index (χ2v) is 12.8. The van der Waals surface area contributed by atoms with Crippen molar-refractivity contribution in [2.45, 2.75) is 0 Å². The molecule has 3 aromatic heterocycles. The smallest absolute Gasteiger partial charge is 0.136 e. The van der Waals surface area contributed by atoms with Gasteiger partial charge in [-0.15, -0.1) is 0 Å². The van der Waals surface area contributed by atoms with E-state index in [2.05, 4.69) is 133 Å². The quantitative estimate of drug-likeness (QED) is 0.183. The van der Waals surface area contributed by atoms with Crippen molar-refractivity contribution in [1.29, 1.82) is 0 Å². The molecule has 0 spiro atoms. The van der Waals surface area contributed by atoms with Gasteiger partial charge in [-0.3, -0.25) is 0 Å². The summed E-state index contributed by atoms with van der Waals surface area (Å²) in [6.45, 7) is 0. The molecule has 49 heavy (non-hydrogen) atoms. The molecule has 0 saturated heterocycles. The molecule has 0 N–H and O–H groups in total. The number of para-hydroxylation sites is 1. The second kappa shape index (κ2) is 9.96. The van der Waals surface area contributed by atoms with Crippen molar-refractivity contribution >= 4 is 76.4 Å². The predicted octanol–water partition coefficient (Wildman–Crippen LogP) is 13.5. The summed E-state index contributed by atoms with van der Waals surface area (Å²) in [4.78, 5) is 0. The summed E-state index contributed by atoms with van der Waals surface area (Å²) in [7, 11) is 0. The number of benzene rings is 8. The third-order valence-corrected chi connectivity index (χ3v) is 10.1. The molecule has 11 aromatic rings. The number of hydrogen-bond donors (Lipinski definition) is 0. The zero-order chi connectivity index (χ0) is 32.1. The van der Waals surface area contributed by atoms with Gasteiger partial charge in [0, 0.05) is 32.5 Å². The van der Waals surface area contributed by atoms with Crippen LogP contribution in [0.1, 0.15) is 0 Å². The van der Waals surface area contributed by atoms with Crippen LogP contribution in [0.4, 0.5) is 0 Å². The zero-order valence-corrected chi connectivity index (χ0v) is 26.2. The van der Waals surface area contributed by atoms with Gasteiger partial charge < -0.3 is 13.3 Å². The third-order valence-electron chi connectivity index (χ3n) is 10.1. The van der Waals surface area contributed by atoms with Crippen LogP contribution in [0, 0.1) is 0 Å². The lowest BCUT2D eigenvalue weighted by Gasteiger charge is -2.18. The molecule has 0 radical (unpaired) electrons. The molecule has 0 bridgehead atoms.